The number of nitro benzene ring substituents is 1. The van der Waals surface area contributed by atoms with Gasteiger partial charge in [-0.3, -0.25) is 19.7 Å². The Morgan fingerprint density at radius 2 is 1.77 bits per heavy atom. The standard InChI is InChI=1S/C21H24ClN3O6/c1-12(2)19(24-20(26)14-6-7-15(22)16(10-14)25(28)29)21(27)23-11-13-5-8-17(30-3)18(9-13)31-4/h5-10,12,19H,11H2,1-4H3,(H,23,27)(H,24,26)/t19-/m0/s1. The van der Waals surface area contributed by atoms with Crippen LogP contribution in [-0.4, -0.2) is 37.0 Å². The van der Waals surface area contributed by atoms with E-state index in [1.807, 2.05) is 0 Å². The van der Waals surface area contributed by atoms with Gasteiger partial charge in [0.2, 0.25) is 5.91 Å². The van der Waals surface area contributed by atoms with Gasteiger partial charge >= 0.3 is 0 Å². The molecule has 10 heteroatoms. The molecule has 2 aromatic rings. The molecule has 0 radical (unpaired) electrons. The Hall–Kier alpha value is -3.33. The van der Waals surface area contributed by atoms with Crippen molar-refractivity contribution in [3.05, 3.63) is 62.7 Å². The van der Waals surface area contributed by atoms with E-state index in [2.05, 4.69) is 10.6 Å². The molecule has 9 nitrogen and oxygen atoms in total. The predicted octanol–water partition coefficient (Wildman–Crippen LogP) is 3.34. The summed E-state index contributed by atoms with van der Waals surface area (Å²) in [6.45, 7) is 3.78. The van der Waals surface area contributed by atoms with E-state index < -0.39 is 16.9 Å². The first-order valence-electron chi connectivity index (χ1n) is 9.41. The zero-order valence-electron chi connectivity index (χ0n) is 17.6. The first-order valence-corrected chi connectivity index (χ1v) is 9.79. The van der Waals surface area contributed by atoms with Crippen LogP contribution in [-0.2, 0) is 11.3 Å². The molecule has 0 saturated heterocycles. The molecule has 0 saturated carbocycles. The summed E-state index contributed by atoms with van der Waals surface area (Å²) in [5.41, 5.74) is 0.441. The molecule has 0 unspecified atom stereocenters. The van der Waals surface area contributed by atoms with Crippen LogP contribution in [0.3, 0.4) is 0 Å². The Morgan fingerprint density at radius 3 is 2.35 bits per heavy atom. The first-order chi connectivity index (χ1) is 14.7. The molecule has 0 bridgehead atoms. The van der Waals surface area contributed by atoms with Crippen molar-refractivity contribution in [2.45, 2.75) is 26.4 Å². The quantitative estimate of drug-likeness (QED) is 0.447. The van der Waals surface area contributed by atoms with E-state index >= 15 is 0 Å². The van der Waals surface area contributed by atoms with Gasteiger partial charge in [-0.2, -0.15) is 0 Å². The molecule has 0 heterocycles. The molecule has 1 atom stereocenters. The van der Waals surface area contributed by atoms with Crippen molar-refractivity contribution in [1.29, 1.82) is 0 Å². The Labute approximate surface area is 184 Å². The fourth-order valence-corrected chi connectivity index (χ4v) is 3.03. The van der Waals surface area contributed by atoms with Crippen LogP contribution >= 0.6 is 11.6 Å². The van der Waals surface area contributed by atoms with Gasteiger partial charge in [-0.25, -0.2) is 0 Å². The van der Waals surface area contributed by atoms with E-state index in [0.717, 1.165) is 11.6 Å². The van der Waals surface area contributed by atoms with Crippen molar-refractivity contribution in [2.24, 2.45) is 5.92 Å². The molecule has 0 aromatic heterocycles. The lowest BCUT2D eigenvalue weighted by Crippen LogP contribution is -2.49. The summed E-state index contributed by atoms with van der Waals surface area (Å²) < 4.78 is 10.4. The highest BCUT2D eigenvalue weighted by Gasteiger charge is 2.25. The van der Waals surface area contributed by atoms with Gasteiger partial charge in [-0.15, -0.1) is 0 Å². The number of nitrogens with zero attached hydrogens (tertiary/aromatic N) is 1. The first kappa shape index (κ1) is 23.9. The lowest BCUT2D eigenvalue weighted by atomic mass is 10.0. The summed E-state index contributed by atoms with van der Waals surface area (Å²) in [4.78, 5) is 35.7. The van der Waals surface area contributed by atoms with Gasteiger partial charge in [0.05, 0.1) is 19.1 Å². The minimum atomic E-state index is -0.845. The molecule has 0 aliphatic rings. The van der Waals surface area contributed by atoms with Crippen LogP contribution in [0.25, 0.3) is 0 Å². The van der Waals surface area contributed by atoms with Crippen LogP contribution in [0.2, 0.25) is 5.02 Å². The van der Waals surface area contributed by atoms with Gasteiger partial charge in [0.15, 0.2) is 11.5 Å². The van der Waals surface area contributed by atoms with Crippen molar-refractivity contribution < 1.29 is 24.0 Å². The normalized spacial score (nSPS) is 11.5. The van der Waals surface area contributed by atoms with E-state index in [0.29, 0.717) is 11.5 Å². The molecule has 0 fully saturated rings. The smallest absolute Gasteiger partial charge is 0.288 e. The molecule has 2 aromatic carbocycles. The van der Waals surface area contributed by atoms with Crippen molar-refractivity contribution in [1.82, 2.24) is 10.6 Å². The lowest BCUT2D eigenvalue weighted by Gasteiger charge is -2.22. The van der Waals surface area contributed by atoms with E-state index in [4.69, 9.17) is 21.1 Å². The molecular formula is C21H24ClN3O6. The van der Waals surface area contributed by atoms with Crippen LogP contribution < -0.4 is 20.1 Å². The molecule has 31 heavy (non-hydrogen) atoms. The van der Waals surface area contributed by atoms with Gasteiger partial charge in [0, 0.05) is 18.2 Å². The summed E-state index contributed by atoms with van der Waals surface area (Å²) in [5.74, 6) is -0.118. The Balaban J connectivity index is 2.10. The van der Waals surface area contributed by atoms with Gasteiger partial charge in [-0.1, -0.05) is 31.5 Å². The largest absolute Gasteiger partial charge is 0.493 e. The van der Waals surface area contributed by atoms with Crippen molar-refractivity contribution in [2.75, 3.05) is 14.2 Å². The third-order valence-electron chi connectivity index (χ3n) is 4.56. The molecule has 166 valence electrons. The Kier molecular flexibility index (Phi) is 8.21. The Bertz CT molecular complexity index is 980. The second-order valence-electron chi connectivity index (χ2n) is 7.03. The summed E-state index contributed by atoms with van der Waals surface area (Å²) in [5, 5.41) is 16.4. The van der Waals surface area contributed by atoms with Gasteiger partial charge in [0.25, 0.3) is 11.6 Å². The van der Waals surface area contributed by atoms with Crippen LogP contribution in [0.15, 0.2) is 36.4 Å². The predicted molar refractivity (Wildman–Crippen MR) is 116 cm³/mol. The highest BCUT2D eigenvalue weighted by atomic mass is 35.5. The van der Waals surface area contributed by atoms with Gasteiger partial charge in [-0.05, 0) is 35.7 Å². The number of nitrogens with one attached hydrogen (secondary N) is 2. The molecule has 0 aliphatic carbocycles. The summed E-state index contributed by atoms with van der Waals surface area (Å²) in [7, 11) is 3.05. The second kappa shape index (κ2) is 10.6. The third kappa shape index (κ3) is 6.08. The zero-order valence-corrected chi connectivity index (χ0v) is 18.4. The lowest BCUT2D eigenvalue weighted by molar-refractivity contribution is -0.384. The van der Waals surface area contributed by atoms with E-state index in [-0.39, 0.29) is 34.6 Å². The van der Waals surface area contributed by atoms with Crippen LogP contribution in [0.1, 0.15) is 29.8 Å². The SMILES string of the molecule is COc1ccc(CNC(=O)[C@@H](NC(=O)c2ccc(Cl)c([N+](=O)[O-])c2)C(C)C)cc1OC. The Morgan fingerprint density at radius 1 is 1.10 bits per heavy atom. The minimum absolute atomic E-state index is 0.0365. The molecule has 2 rings (SSSR count). The number of carbonyl (C=O) groups is 2. The minimum Gasteiger partial charge on any atom is -0.493 e. The van der Waals surface area contributed by atoms with Crippen molar-refractivity contribution >= 4 is 29.1 Å². The fourth-order valence-electron chi connectivity index (χ4n) is 2.84. The number of nitro groups is 1. The molecule has 0 spiro atoms. The average molecular weight is 450 g/mol. The summed E-state index contributed by atoms with van der Waals surface area (Å²) >= 11 is 5.79. The highest BCUT2D eigenvalue weighted by Crippen LogP contribution is 2.27. The average Bonchev–Trinajstić information content (AvgIpc) is 2.75. The number of rotatable bonds is 9. The maximum Gasteiger partial charge on any atom is 0.288 e. The number of benzene rings is 2. The summed E-state index contributed by atoms with van der Waals surface area (Å²) in [6.07, 6.45) is 0. The number of hydrogen-bond acceptors (Lipinski definition) is 6. The van der Waals surface area contributed by atoms with E-state index in [1.54, 1.807) is 32.0 Å². The third-order valence-corrected chi connectivity index (χ3v) is 4.88. The molecule has 2 N–H and O–H groups in total. The number of methoxy groups -OCH3 is 2. The number of halogens is 1. The number of carbonyl (C=O) groups excluding carboxylic acids is 2. The molecular weight excluding hydrogens is 426 g/mol. The highest BCUT2D eigenvalue weighted by molar-refractivity contribution is 6.32. The molecule has 0 aliphatic heterocycles. The van der Waals surface area contributed by atoms with Crippen molar-refractivity contribution in [3.63, 3.8) is 0 Å². The number of amides is 2. The topological polar surface area (TPSA) is 120 Å². The second-order valence-corrected chi connectivity index (χ2v) is 7.43. The van der Waals surface area contributed by atoms with E-state index in [1.165, 1.54) is 26.4 Å². The molecule has 2 amide bonds. The van der Waals surface area contributed by atoms with E-state index in [9.17, 15) is 19.7 Å². The maximum absolute atomic E-state index is 12.7. The van der Waals surface area contributed by atoms with Crippen LogP contribution in [0.5, 0.6) is 11.5 Å². The van der Waals surface area contributed by atoms with Crippen LogP contribution in [0.4, 0.5) is 5.69 Å². The monoisotopic (exact) mass is 449 g/mol. The van der Waals surface area contributed by atoms with Crippen LogP contribution in [0, 0.1) is 16.0 Å². The van der Waals surface area contributed by atoms with Gasteiger partial charge < -0.3 is 20.1 Å². The van der Waals surface area contributed by atoms with Gasteiger partial charge in [0.1, 0.15) is 11.1 Å². The van der Waals surface area contributed by atoms with Crippen molar-refractivity contribution in [3.8, 4) is 11.5 Å². The fraction of sp³-hybridized carbons (Fsp3) is 0.333. The number of hydrogen-bond donors (Lipinski definition) is 2. The number of ether oxygens (including phenoxy) is 2. The zero-order chi connectivity index (χ0) is 23.1. The maximum atomic E-state index is 12.7. The summed E-state index contributed by atoms with van der Waals surface area (Å²) in [6, 6.07) is 8.14.